The van der Waals surface area contributed by atoms with Gasteiger partial charge in [-0.15, -0.1) is 0 Å². The zero-order valence-electron chi connectivity index (χ0n) is 14.0. The predicted octanol–water partition coefficient (Wildman–Crippen LogP) is 6.31. The number of hydrogen-bond donors (Lipinski definition) is 0. The van der Waals surface area contributed by atoms with Gasteiger partial charge in [-0.1, -0.05) is 84.6 Å². The summed E-state index contributed by atoms with van der Waals surface area (Å²) in [4.78, 5) is 6.14. The fourth-order valence-electron chi connectivity index (χ4n) is 3.24. The first-order chi connectivity index (χ1) is 12.9. The van der Waals surface area contributed by atoms with Gasteiger partial charge >= 0.3 is 0 Å². The molecule has 0 saturated carbocycles. The summed E-state index contributed by atoms with van der Waals surface area (Å²) in [6, 6.07) is 31.5. The van der Waals surface area contributed by atoms with E-state index in [0.29, 0.717) is 0 Å². The minimum atomic E-state index is 0.967. The van der Waals surface area contributed by atoms with Gasteiger partial charge in [0.2, 0.25) is 0 Å². The zero-order chi connectivity index (χ0) is 17.3. The second-order valence-electron chi connectivity index (χ2n) is 6.14. The van der Waals surface area contributed by atoms with Gasteiger partial charge in [-0.3, -0.25) is 4.40 Å². The van der Waals surface area contributed by atoms with Crippen molar-refractivity contribution in [3.63, 3.8) is 0 Å². The minimum absolute atomic E-state index is 0.967. The molecule has 0 aliphatic rings. The molecule has 5 aromatic rings. The molecule has 0 N–H and O–H groups in total. The van der Waals surface area contributed by atoms with Gasteiger partial charge in [-0.05, 0) is 29.0 Å². The molecule has 0 aliphatic heterocycles. The first kappa shape index (κ1) is 15.2. The quantitative estimate of drug-likeness (QED) is 0.379. The Balaban J connectivity index is 1.73. The summed E-state index contributed by atoms with van der Waals surface area (Å²) < 4.78 is 2.18. The summed E-state index contributed by atoms with van der Waals surface area (Å²) in [7, 11) is 0. The molecule has 3 heteroatoms. The second kappa shape index (κ2) is 6.36. The van der Waals surface area contributed by atoms with Gasteiger partial charge in [0.25, 0.3) is 0 Å². The summed E-state index contributed by atoms with van der Waals surface area (Å²) in [5.74, 6) is 0. The molecule has 0 saturated heterocycles. The van der Waals surface area contributed by atoms with Crippen LogP contribution in [0.4, 0.5) is 0 Å². The van der Waals surface area contributed by atoms with Crippen molar-refractivity contribution >= 4 is 28.2 Å². The van der Waals surface area contributed by atoms with Gasteiger partial charge < -0.3 is 0 Å². The van der Waals surface area contributed by atoms with Crippen LogP contribution >= 0.6 is 11.8 Å². The van der Waals surface area contributed by atoms with Gasteiger partial charge in [0, 0.05) is 16.7 Å². The lowest BCUT2D eigenvalue weighted by Crippen LogP contribution is -1.87. The van der Waals surface area contributed by atoms with E-state index in [0.717, 1.165) is 21.9 Å². The van der Waals surface area contributed by atoms with Crippen LogP contribution < -0.4 is 0 Å². The van der Waals surface area contributed by atoms with Crippen molar-refractivity contribution in [2.75, 3.05) is 0 Å². The molecule has 124 valence electrons. The van der Waals surface area contributed by atoms with E-state index in [2.05, 4.69) is 89.5 Å². The lowest BCUT2D eigenvalue weighted by Gasteiger charge is -2.08. The maximum Gasteiger partial charge on any atom is 0.138 e. The Hall–Kier alpha value is -3.04. The Bertz CT molecular complexity index is 1200. The molecule has 2 heterocycles. The van der Waals surface area contributed by atoms with Crippen LogP contribution in [-0.2, 0) is 0 Å². The number of pyridine rings is 1. The highest BCUT2D eigenvalue weighted by Crippen LogP contribution is 2.39. The molecule has 3 aromatic carbocycles. The molecule has 0 amide bonds. The zero-order valence-corrected chi connectivity index (χ0v) is 14.9. The van der Waals surface area contributed by atoms with Crippen LogP contribution in [0.25, 0.3) is 27.7 Å². The Morgan fingerprint density at radius 3 is 2.38 bits per heavy atom. The molecule has 0 spiro atoms. The molecule has 0 bridgehead atoms. The Labute approximate surface area is 156 Å². The fraction of sp³-hybridized carbons (Fsp3) is 0. The summed E-state index contributed by atoms with van der Waals surface area (Å²) >= 11 is 1.78. The molecule has 26 heavy (non-hydrogen) atoms. The largest absolute Gasteiger partial charge is 0.294 e. The van der Waals surface area contributed by atoms with Gasteiger partial charge in [-0.2, -0.15) is 0 Å². The molecule has 0 fully saturated rings. The molecule has 0 unspecified atom stereocenters. The Kier molecular flexibility index (Phi) is 3.72. The van der Waals surface area contributed by atoms with Crippen LogP contribution in [0.1, 0.15) is 0 Å². The number of nitrogens with zero attached hydrogens (tertiary/aromatic N) is 2. The van der Waals surface area contributed by atoms with Crippen molar-refractivity contribution in [2.45, 2.75) is 9.92 Å². The molecule has 2 aromatic heterocycles. The third-order valence-corrected chi connectivity index (χ3v) is 5.65. The Morgan fingerprint density at radius 1 is 0.692 bits per heavy atom. The minimum Gasteiger partial charge on any atom is -0.294 e. The monoisotopic (exact) mass is 352 g/mol. The van der Waals surface area contributed by atoms with E-state index in [4.69, 9.17) is 4.98 Å². The molecular weight excluding hydrogens is 336 g/mol. The molecule has 2 nitrogen and oxygen atoms in total. The normalized spacial score (nSPS) is 11.2. The van der Waals surface area contributed by atoms with Gasteiger partial charge in [0.1, 0.15) is 16.4 Å². The van der Waals surface area contributed by atoms with Gasteiger partial charge in [0.15, 0.2) is 0 Å². The number of aromatic nitrogens is 2. The van der Waals surface area contributed by atoms with E-state index >= 15 is 0 Å². The highest BCUT2D eigenvalue weighted by atomic mass is 32.2. The number of fused-ring (bicyclic) bond motifs is 2. The molecule has 0 radical (unpaired) electrons. The van der Waals surface area contributed by atoms with Gasteiger partial charge in [-0.25, -0.2) is 4.98 Å². The summed E-state index contributed by atoms with van der Waals surface area (Å²) in [5, 5.41) is 3.67. The van der Waals surface area contributed by atoms with Crippen LogP contribution in [0.3, 0.4) is 0 Å². The van der Waals surface area contributed by atoms with Crippen molar-refractivity contribution in [3.8, 4) is 11.3 Å². The van der Waals surface area contributed by atoms with E-state index in [1.807, 2.05) is 12.1 Å². The predicted molar refractivity (Wildman–Crippen MR) is 109 cm³/mol. The van der Waals surface area contributed by atoms with Crippen molar-refractivity contribution in [2.24, 2.45) is 0 Å². The number of imidazole rings is 1. The summed E-state index contributed by atoms with van der Waals surface area (Å²) in [6.07, 6.45) is 2.09. The van der Waals surface area contributed by atoms with Crippen LogP contribution in [-0.4, -0.2) is 9.38 Å². The van der Waals surface area contributed by atoms with Crippen molar-refractivity contribution in [3.05, 3.63) is 97.2 Å². The fourth-order valence-corrected chi connectivity index (χ4v) is 4.41. The topological polar surface area (TPSA) is 17.3 Å². The summed E-state index contributed by atoms with van der Waals surface area (Å²) in [6.45, 7) is 0. The number of hydrogen-bond acceptors (Lipinski definition) is 2. The average Bonchev–Trinajstić information content (AvgIpc) is 3.08. The number of benzene rings is 3. The van der Waals surface area contributed by atoms with Crippen LogP contribution in [0, 0.1) is 0 Å². The standard InChI is InChI=1S/C23H16N2S/c1-2-10-18(11-3-1)22-23(25-16-7-6-15-21(25)24-22)26-20-14-8-12-17-9-4-5-13-19(17)20/h1-16H. The van der Waals surface area contributed by atoms with E-state index in [1.54, 1.807) is 11.8 Å². The first-order valence-corrected chi connectivity index (χ1v) is 9.40. The third kappa shape index (κ3) is 2.57. The van der Waals surface area contributed by atoms with Crippen molar-refractivity contribution in [1.82, 2.24) is 9.38 Å². The highest BCUT2D eigenvalue weighted by Gasteiger charge is 2.16. The van der Waals surface area contributed by atoms with E-state index in [9.17, 15) is 0 Å². The van der Waals surface area contributed by atoms with Crippen LogP contribution in [0.5, 0.6) is 0 Å². The molecule has 5 rings (SSSR count). The van der Waals surface area contributed by atoms with E-state index in [-0.39, 0.29) is 0 Å². The highest BCUT2D eigenvalue weighted by molar-refractivity contribution is 7.99. The van der Waals surface area contributed by atoms with Gasteiger partial charge in [0.05, 0.1) is 0 Å². The smallest absolute Gasteiger partial charge is 0.138 e. The van der Waals surface area contributed by atoms with Crippen LogP contribution in [0.2, 0.25) is 0 Å². The molecule has 0 atom stereocenters. The van der Waals surface area contributed by atoms with Crippen molar-refractivity contribution in [1.29, 1.82) is 0 Å². The lowest BCUT2D eigenvalue weighted by atomic mass is 10.1. The maximum absolute atomic E-state index is 4.90. The molecule has 0 aliphatic carbocycles. The first-order valence-electron chi connectivity index (χ1n) is 8.58. The molecular formula is C23H16N2S. The Morgan fingerprint density at radius 2 is 1.46 bits per heavy atom. The van der Waals surface area contributed by atoms with E-state index < -0.39 is 0 Å². The summed E-state index contributed by atoms with van der Waals surface area (Å²) in [5.41, 5.74) is 3.13. The van der Waals surface area contributed by atoms with Crippen LogP contribution in [0.15, 0.2) is 107 Å². The van der Waals surface area contributed by atoms with Crippen molar-refractivity contribution < 1.29 is 0 Å². The lowest BCUT2D eigenvalue weighted by molar-refractivity contribution is 1.05. The second-order valence-corrected chi connectivity index (χ2v) is 7.17. The maximum atomic E-state index is 4.90. The third-order valence-electron chi connectivity index (χ3n) is 4.49. The SMILES string of the molecule is c1ccc(-c2nc3ccccn3c2Sc2cccc3ccccc23)cc1. The number of rotatable bonds is 3. The van der Waals surface area contributed by atoms with E-state index in [1.165, 1.54) is 15.7 Å². The average molecular weight is 352 g/mol.